The van der Waals surface area contributed by atoms with Gasteiger partial charge in [0.25, 0.3) is 0 Å². The molecule has 0 aliphatic rings. The summed E-state index contributed by atoms with van der Waals surface area (Å²) in [6.45, 7) is 3.86. The fourth-order valence-corrected chi connectivity index (χ4v) is 4.16. The van der Waals surface area contributed by atoms with E-state index in [9.17, 15) is 4.79 Å². The Morgan fingerprint density at radius 3 is 2.63 bits per heavy atom. The van der Waals surface area contributed by atoms with Crippen LogP contribution in [-0.2, 0) is 4.79 Å². The van der Waals surface area contributed by atoms with Gasteiger partial charge in [-0.15, -0.1) is 10.2 Å². The zero-order valence-electron chi connectivity index (χ0n) is 15.2. The number of rotatable bonds is 7. The van der Waals surface area contributed by atoms with Gasteiger partial charge in [0.1, 0.15) is 5.75 Å². The maximum Gasteiger partial charge on any atom is 0.237 e. The normalized spacial score (nSPS) is 11.7. The van der Waals surface area contributed by atoms with Gasteiger partial charge in [-0.2, -0.15) is 0 Å². The molecule has 8 heteroatoms. The van der Waals surface area contributed by atoms with Crippen molar-refractivity contribution >= 4 is 45.5 Å². The Labute approximate surface area is 166 Å². The molecule has 0 saturated carbocycles. The van der Waals surface area contributed by atoms with Crippen LogP contribution in [0.15, 0.2) is 52.9 Å². The second-order valence-corrected chi connectivity index (χ2v) is 8.38. The van der Waals surface area contributed by atoms with Crippen molar-refractivity contribution in [1.82, 2.24) is 10.2 Å². The zero-order valence-corrected chi connectivity index (χ0v) is 16.9. The van der Waals surface area contributed by atoms with E-state index in [2.05, 4.69) is 20.8 Å². The molecule has 0 aliphatic heterocycles. The number of para-hydroxylation sites is 2. The van der Waals surface area contributed by atoms with Crippen LogP contribution in [-0.4, -0.2) is 28.5 Å². The highest BCUT2D eigenvalue weighted by Gasteiger charge is 2.17. The van der Waals surface area contributed by atoms with Crippen molar-refractivity contribution in [2.75, 3.05) is 17.7 Å². The number of anilines is 3. The number of aryl methyl sites for hydroxylation is 1. The SMILES string of the molecule is COc1ccccc1Nc1nnc(S[C@@H](C)C(=O)Nc2ccc(C)cc2)s1. The summed E-state index contributed by atoms with van der Waals surface area (Å²) in [5.41, 5.74) is 2.76. The van der Waals surface area contributed by atoms with Gasteiger partial charge >= 0.3 is 0 Å². The standard InChI is InChI=1S/C19H20N4O2S2/c1-12-8-10-14(11-9-12)20-17(24)13(2)26-19-23-22-18(27-19)21-15-6-4-5-7-16(15)25-3/h4-11,13H,1-3H3,(H,20,24)(H,21,22)/t13-/m0/s1. The second-order valence-electron chi connectivity index (χ2n) is 5.81. The number of nitrogens with one attached hydrogen (secondary N) is 2. The summed E-state index contributed by atoms with van der Waals surface area (Å²) in [5, 5.41) is 14.8. The number of aromatic nitrogens is 2. The van der Waals surface area contributed by atoms with E-state index in [0.29, 0.717) is 5.13 Å². The summed E-state index contributed by atoms with van der Waals surface area (Å²) in [6.07, 6.45) is 0. The van der Waals surface area contributed by atoms with Crippen LogP contribution in [0.4, 0.5) is 16.5 Å². The molecule has 1 aromatic heterocycles. The van der Waals surface area contributed by atoms with E-state index >= 15 is 0 Å². The third-order valence-electron chi connectivity index (χ3n) is 3.72. The van der Waals surface area contributed by atoms with Crippen molar-refractivity contribution in [2.24, 2.45) is 0 Å². The van der Waals surface area contributed by atoms with Gasteiger partial charge in [-0.1, -0.05) is 52.9 Å². The fourth-order valence-electron chi connectivity index (χ4n) is 2.26. The number of nitrogens with zero attached hydrogens (tertiary/aromatic N) is 2. The van der Waals surface area contributed by atoms with Crippen molar-refractivity contribution in [3.8, 4) is 5.75 Å². The predicted octanol–water partition coefficient (Wildman–Crippen LogP) is 4.72. The molecular formula is C19H20N4O2S2. The van der Waals surface area contributed by atoms with E-state index in [1.165, 1.54) is 23.1 Å². The van der Waals surface area contributed by atoms with Crippen molar-refractivity contribution in [2.45, 2.75) is 23.4 Å². The molecule has 27 heavy (non-hydrogen) atoms. The Kier molecular flexibility index (Phi) is 6.31. The first-order valence-electron chi connectivity index (χ1n) is 8.33. The number of methoxy groups -OCH3 is 1. The summed E-state index contributed by atoms with van der Waals surface area (Å²) in [6, 6.07) is 15.3. The van der Waals surface area contributed by atoms with Crippen LogP contribution < -0.4 is 15.4 Å². The van der Waals surface area contributed by atoms with E-state index in [1.54, 1.807) is 7.11 Å². The van der Waals surface area contributed by atoms with E-state index < -0.39 is 0 Å². The van der Waals surface area contributed by atoms with E-state index in [-0.39, 0.29) is 11.2 Å². The molecule has 0 unspecified atom stereocenters. The summed E-state index contributed by atoms with van der Waals surface area (Å²) in [7, 11) is 1.62. The minimum absolute atomic E-state index is 0.0710. The molecule has 6 nitrogen and oxygen atoms in total. The molecule has 1 atom stereocenters. The second kappa shape index (κ2) is 8.88. The monoisotopic (exact) mass is 400 g/mol. The number of hydrogen-bond acceptors (Lipinski definition) is 7. The van der Waals surface area contributed by atoms with Crippen molar-refractivity contribution in [3.63, 3.8) is 0 Å². The minimum Gasteiger partial charge on any atom is -0.495 e. The maximum atomic E-state index is 12.4. The van der Waals surface area contributed by atoms with Gasteiger partial charge < -0.3 is 15.4 Å². The highest BCUT2D eigenvalue weighted by atomic mass is 32.2. The number of carbonyl (C=O) groups is 1. The van der Waals surface area contributed by atoms with Crippen LogP contribution in [0.25, 0.3) is 0 Å². The number of thioether (sulfide) groups is 1. The zero-order chi connectivity index (χ0) is 19.2. The van der Waals surface area contributed by atoms with Gasteiger partial charge in [0, 0.05) is 5.69 Å². The first-order valence-corrected chi connectivity index (χ1v) is 10.0. The Morgan fingerprint density at radius 2 is 1.89 bits per heavy atom. The first-order chi connectivity index (χ1) is 13.0. The molecule has 140 valence electrons. The molecule has 3 aromatic rings. The van der Waals surface area contributed by atoms with Gasteiger partial charge in [0.15, 0.2) is 4.34 Å². The molecule has 0 spiro atoms. The molecule has 0 radical (unpaired) electrons. The quantitative estimate of drug-likeness (QED) is 0.559. The van der Waals surface area contributed by atoms with Crippen molar-refractivity contribution in [3.05, 3.63) is 54.1 Å². The Balaban J connectivity index is 1.59. The lowest BCUT2D eigenvalue weighted by Gasteiger charge is -2.10. The lowest BCUT2D eigenvalue weighted by atomic mass is 10.2. The third-order valence-corrected chi connectivity index (χ3v) is 5.74. The van der Waals surface area contributed by atoms with Gasteiger partial charge in [0.05, 0.1) is 18.0 Å². The summed E-state index contributed by atoms with van der Waals surface area (Å²) in [5.74, 6) is 0.658. The van der Waals surface area contributed by atoms with E-state index in [0.717, 1.165) is 27.0 Å². The van der Waals surface area contributed by atoms with Gasteiger partial charge in [-0.05, 0) is 38.1 Å². The molecule has 0 aliphatic carbocycles. The van der Waals surface area contributed by atoms with Gasteiger partial charge in [-0.25, -0.2) is 0 Å². The van der Waals surface area contributed by atoms with Gasteiger partial charge in [0.2, 0.25) is 11.0 Å². The summed E-state index contributed by atoms with van der Waals surface area (Å²) < 4.78 is 6.04. The number of hydrogen-bond donors (Lipinski definition) is 2. The Hall–Kier alpha value is -2.58. The molecule has 3 rings (SSSR count). The molecule has 0 bridgehead atoms. The van der Waals surface area contributed by atoms with E-state index in [1.807, 2.05) is 62.4 Å². The lowest BCUT2D eigenvalue weighted by molar-refractivity contribution is -0.115. The average molecular weight is 401 g/mol. The van der Waals surface area contributed by atoms with Gasteiger partial charge in [-0.3, -0.25) is 4.79 Å². The smallest absolute Gasteiger partial charge is 0.237 e. The molecule has 2 N–H and O–H groups in total. The van der Waals surface area contributed by atoms with Crippen molar-refractivity contribution < 1.29 is 9.53 Å². The van der Waals surface area contributed by atoms with Crippen LogP contribution in [0.5, 0.6) is 5.75 Å². The molecule has 0 saturated heterocycles. The van der Waals surface area contributed by atoms with Crippen LogP contribution in [0, 0.1) is 6.92 Å². The molecule has 0 fully saturated rings. The minimum atomic E-state index is -0.293. The van der Waals surface area contributed by atoms with E-state index in [4.69, 9.17) is 4.74 Å². The average Bonchev–Trinajstić information content (AvgIpc) is 3.10. The first kappa shape index (κ1) is 19.2. The number of ether oxygens (including phenoxy) is 1. The van der Waals surface area contributed by atoms with Crippen LogP contribution >= 0.6 is 23.1 Å². The predicted molar refractivity (Wildman–Crippen MR) is 111 cm³/mol. The molecule has 2 aromatic carbocycles. The Bertz CT molecular complexity index is 912. The van der Waals surface area contributed by atoms with Crippen LogP contribution in [0.1, 0.15) is 12.5 Å². The molecule has 1 heterocycles. The number of carbonyl (C=O) groups excluding carboxylic acids is 1. The summed E-state index contributed by atoms with van der Waals surface area (Å²) in [4.78, 5) is 12.4. The molecular weight excluding hydrogens is 380 g/mol. The Morgan fingerprint density at radius 1 is 1.15 bits per heavy atom. The highest BCUT2D eigenvalue weighted by Crippen LogP contribution is 2.33. The van der Waals surface area contributed by atoms with Crippen LogP contribution in [0.3, 0.4) is 0 Å². The third kappa shape index (κ3) is 5.21. The maximum absolute atomic E-state index is 12.4. The topological polar surface area (TPSA) is 76.1 Å². The fraction of sp³-hybridized carbons (Fsp3) is 0.211. The number of benzene rings is 2. The van der Waals surface area contributed by atoms with Crippen LogP contribution in [0.2, 0.25) is 0 Å². The number of amides is 1. The highest BCUT2D eigenvalue weighted by molar-refractivity contribution is 8.02. The molecule has 1 amide bonds. The summed E-state index contributed by atoms with van der Waals surface area (Å²) >= 11 is 2.77. The lowest BCUT2D eigenvalue weighted by Crippen LogP contribution is -2.22. The van der Waals surface area contributed by atoms with Crippen molar-refractivity contribution in [1.29, 1.82) is 0 Å². The largest absolute Gasteiger partial charge is 0.495 e.